The van der Waals surface area contributed by atoms with Crippen molar-refractivity contribution in [3.63, 3.8) is 0 Å². The van der Waals surface area contributed by atoms with Gasteiger partial charge in [-0.1, -0.05) is 66.2 Å². The number of para-hydroxylation sites is 1. The van der Waals surface area contributed by atoms with Crippen LogP contribution in [0.3, 0.4) is 0 Å². The monoisotopic (exact) mass is 402 g/mol. The molecule has 0 aliphatic heterocycles. The van der Waals surface area contributed by atoms with Gasteiger partial charge in [-0.2, -0.15) is 0 Å². The molecule has 0 radical (unpaired) electrons. The zero-order chi connectivity index (χ0) is 20.2. The lowest BCUT2D eigenvalue weighted by Crippen LogP contribution is -2.14. The molecule has 0 unspecified atom stereocenters. The number of ether oxygens (including phenoxy) is 1. The van der Waals surface area contributed by atoms with Crippen molar-refractivity contribution in [3.8, 4) is 17.1 Å². The maximum atomic E-state index is 13.0. The molecule has 29 heavy (non-hydrogen) atoms. The van der Waals surface area contributed by atoms with Crippen molar-refractivity contribution >= 4 is 34.6 Å². The van der Waals surface area contributed by atoms with Gasteiger partial charge < -0.3 is 9.15 Å². The van der Waals surface area contributed by atoms with E-state index in [1.807, 2.05) is 30.3 Å². The highest BCUT2D eigenvalue weighted by atomic mass is 35.5. The molecule has 142 valence electrons. The Labute approximate surface area is 171 Å². The lowest BCUT2D eigenvalue weighted by molar-refractivity contribution is -0.129. The molecule has 3 aromatic carbocycles. The maximum Gasteiger partial charge on any atom is 0.336 e. The molecule has 4 nitrogen and oxygen atoms in total. The highest BCUT2D eigenvalue weighted by Gasteiger charge is 2.21. The second-order valence-electron chi connectivity index (χ2n) is 6.23. The van der Waals surface area contributed by atoms with Crippen molar-refractivity contribution < 1.29 is 13.9 Å². The Morgan fingerprint density at radius 1 is 0.897 bits per heavy atom. The first-order valence-electron chi connectivity index (χ1n) is 8.89. The van der Waals surface area contributed by atoms with Crippen molar-refractivity contribution in [1.29, 1.82) is 0 Å². The fourth-order valence-corrected chi connectivity index (χ4v) is 3.12. The topological polar surface area (TPSA) is 56.5 Å². The Morgan fingerprint density at radius 2 is 1.59 bits per heavy atom. The van der Waals surface area contributed by atoms with Crippen LogP contribution < -0.4 is 10.2 Å². The predicted molar refractivity (Wildman–Crippen MR) is 114 cm³/mol. The van der Waals surface area contributed by atoms with Crippen LogP contribution in [-0.2, 0) is 4.79 Å². The minimum absolute atomic E-state index is 0.112. The van der Waals surface area contributed by atoms with Crippen LogP contribution in [0.5, 0.6) is 5.75 Å². The molecule has 0 aliphatic carbocycles. The Morgan fingerprint density at radius 3 is 2.38 bits per heavy atom. The predicted octanol–water partition coefficient (Wildman–Crippen LogP) is 5.73. The Hall–Kier alpha value is -3.63. The number of carbonyl (C=O) groups excluding carboxylic acids is 1. The SMILES string of the molecule is O=C(C=Cc1ccccc1)Oc1c(-c2ccccc2Cl)oc2ccccc2c1=O. The van der Waals surface area contributed by atoms with Gasteiger partial charge in [0.15, 0.2) is 5.76 Å². The van der Waals surface area contributed by atoms with Gasteiger partial charge in [-0.3, -0.25) is 4.79 Å². The first-order chi connectivity index (χ1) is 14.1. The van der Waals surface area contributed by atoms with Crippen molar-refractivity contribution in [2.75, 3.05) is 0 Å². The van der Waals surface area contributed by atoms with E-state index in [0.717, 1.165) is 5.56 Å². The molecular weight excluding hydrogens is 388 g/mol. The van der Waals surface area contributed by atoms with Crippen molar-refractivity contribution in [1.82, 2.24) is 0 Å². The molecule has 0 saturated carbocycles. The fourth-order valence-electron chi connectivity index (χ4n) is 2.90. The van der Waals surface area contributed by atoms with Crippen LogP contribution in [0.4, 0.5) is 0 Å². The summed E-state index contributed by atoms with van der Waals surface area (Å²) < 4.78 is 11.3. The largest absolute Gasteiger partial charge is 0.452 e. The minimum atomic E-state index is -0.690. The van der Waals surface area contributed by atoms with Gasteiger partial charge in [0.1, 0.15) is 5.58 Å². The van der Waals surface area contributed by atoms with Crippen molar-refractivity contribution in [3.05, 3.63) is 106 Å². The average molecular weight is 403 g/mol. The highest BCUT2D eigenvalue weighted by Crippen LogP contribution is 2.35. The summed E-state index contributed by atoms with van der Waals surface area (Å²) in [6.45, 7) is 0. The van der Waals surface area contributed by atoms with Crippen LogP contribution in [0.2, 0.25) is 5.02 Å². The number of benzene rings is 3. The van der Waals surface area contributed by atoms with Gasteiger partial charge in [-0.25, -0.2) is 4.79 Å². The second-order valence-corrected chi connectivity index (χ2v) is 6.64. The Kier molecular flexibility index (Phi) is 5.27. The normalized spacial score (nSPS) is 11.1. The molecule has 5 heteroatoms. The van der Waals surface area contributed by atoms with Gasteiger partial charge in [0.2, 0.25) is 11.2 Å². The van der Waals surface area contributed by atoms with Crippen LogP contribution in [-0.4, -0.2) is 5.97 Å². The van der Waals surface area contributed by atoms with E-state index in [-0.39, 0.29) is 11.5 Å². The van der Waals surface area contributed by atoms with E-state index in [1.165, 1.54) is 6.08 Å². The summed E-state index contributed by atoms with van der Waals surface area (Å²) >= 11 is 6.30. The summed E-state index contributed by atoms with van der Waals surface area (Å²) in [6.07, 6.45) is 2.88. The minimum Gasteiger partial charge on any atom is -0.452 e. The zero-order valence-corrected chi connectivity index (χ0v) is 15.9. The van der Waals surface area contributed by atoms with Gasteiger partial charge in [0.25, 0.3) is 0 Å². The van der Waals surface area contributed by atoms with Crippen LogP contribution in [0.15, 0.2) is 94.2 Å². The molecule has 0 saturated heterocycles. The van der Waals surface area contributed by atoms with E-state index < -0.39 is 11.4 Å². The summed E-state index contributed by atoms with van der Waals surface area (Å²) in [6, 6.07) is 23.0. The summed E-state index contributed by atoms with van der Waals surface area (Å²) in [5, 5.41) is 0.696. The summed E-state index contributed by atoms with van der Waals surface area (Å²) in [7, 11) is 0. The van der Waals surface area contributed by atoms with E-state index in [0.29, 0.717) is 21.6 Å². The molecule has 0 N–H and O–H groups in total. The van der Waals surface area contributed by atoms with Gasteiger partial charge in [0, 0.05) is 11.6 Å². The molecule has 0 bridgehead atoms. The standard InChI is InChI=1S/C24H15ClO4/c25-19-12-6-4-10-17(19)23-24(22(27)18-11-5-7-13-20(18)28-23)29-21(26)15-14-16-8-2-1-3-9-16/h1-15H. The van der Waals surface area contributed by atoms with Gasteiger partial charge in [-0.15, -0.1) is 0 Å². The third-order valence-corrected chi connectivity index (χ3v) is 4.62. The number of halogens is 1. The summed E-state index contributed by atoms with van der Waals surface area (Å²) in [5.74, 6) is -0.773. The van der Waals surface area contributed by atoms with Gasteiger partial charge in [0.05, 0.1) is 10.4 Å². The summed E-state index contributed by atoms with van der Waals surface area (Å²) in [4.78, 5) is 25.5. The third kappa shape index (κ3) is 3.98. The number of fused-ring (bicyclic) bond motifs is 1. The van der Waals surface area contributed by atoms with E-state index in [2.05, 4.69) is 0 Å². The number of hydrogen-bond acceptors (Lipinski definition) is 4. The van der Waals surface area contributed by atoms with Crippen molar-refractivity contribution in [2.24, 2.45) is 0 Å². The first-order valence-corrected chi connectivity index (χ1v) is 9.27. The lowest BCUT2D eigenvalue weighted by Gasteiger charge is -2.10. The highest BCUT2D eigenvalue weighted by molar-refractivity contribution is 6.33. The summed E-state index contributed by atoms with van der Waals surface area (Å²) in [5.41, 5.74) is 1.24. The molecule has 4 rings (SSSR count). The lowest BCUT2D eigenvalue weighted by atomic mass is 10.1. The first kappa shape index (κ1) is 18.7. The number of hydrogen-bond donors (Lipinski definition) is 0. The molecule has 1 aromatic heterocycles. The molecule has 1 heterocycles. The Balaban J connectivity index is 1.80. The van der Waals surface area contributed by atoms with E-state index in [1.54, 1.807) is 54.6 Å². The number of esters is 1. The number of rotatable bonds is 4. The van der Waals surface area contributed by atoms with E-state index in [9.17, 15) is 9.59 Å². The second kappa shape index (κ2) is 8.17. The zero-order valence-electron chi connectivity index (χ0n) is 15.2. The van der Waals surface area contributed by atoms with Gasteiger partial charge in [-0.05, 0) is 35.9 Å². The molecule has 0 atom stereocenters. The van der Waals surface area contributed by atoms with Crippen LogP contribution >= 0.6 is 11.6 Å². The van der Waals surface area contributed by atoms with Crippen molar-refractivity contribution in [2.45, 2.75) is 0 Å². The Bertz CT molecular complexity index is 1270. The fraction of sp³-hybridized carbons (Fsp3) is 0. The van der Waals surface area contributed by atoms with Gasteiger partial charge >= 0.3 is 5.97 Å². The molecular formula is C24H15ClO4. The average Bonchev–Trinajstić information content (AvgIpc) is 2.75. The third-order valence-electron chi connectivity index (χ3n) is 4.29. The van der Waals surface area contributed by atoms with Crippen LogP contribution in [0.25, 0.3) is 28.4 Å². The molecule has 4 aromatic rings. The molecule has 0 fully saturated rings. The van der Waals surface area contributed by atoms with Crippen LogP contribution in [0.1, 0.15) is 5.56 Å². The molecule has 0 amide bonds. The quantitative estimate of drug-likeness (QED) is 0.323. The maximum absolute atomic E-state index is 13.0. The smallest absolute Gasteiger partial charge is 0.336 e. The molecule has 0 spiro atoms. The van der Waals surface area contributed by atoms with E-state index in [4.69, 9.17) is 20.8 Å². The van der Waals surface area contributed by atoms with E-state index >= 15 is 0 Å². The van der Waals surface area contributed by atoms with Crippen LogP contribution in [0, 0.1) is 0 Å². The molecule has 0 aliphatic rings. The number of carbonyl (C=O) groups is 1.